The Kier molecular flexibility index (Phi) is 4.60. The second-order valence-corrected chi connectivity index (χ2v) is 7.33. The van der Waals surface area contributed by atoms with Crippen molar-refractivity contribution in [1.29, 1.82) is 0 Å². The van der Waals surface area contributed by atoms with E-state index in [-0.39, 0.29) is 30.1 Å². The van der Waals surface area contributed by atoms with Gasteiger partial charge < -0.3 is 19.4 Å². The molecule has 0 bridgehead atoms. The van der Waals surface area contributed by atoms with Crippen molar-refractivity contribution in [2.75, 3.05) is 18.4 Å². The number of furan rings is 1. The van der Waals surface area contributed by atoms with Crippen LogP contribution in [0.1, 0.15) is 48.6 Å². The minimum atomic E-state index is -4.50. The summed E-state index contributed by atoms with van der Waals surface area (Å²) in [5.74, 6) is 0.152. The monoisotopic (exact) mass is 398 g/mol. The predicted octanol–water partition coefficient (Wildman–Crippen LogP) is 3.39. The molecule has 10 heteroatoms. The first-order valence-corrected chi connectivity index (χ1v) is 9.13. The number of amides is 1. The predicted molar refractivity (Wildman–Crippen MR) is 92.9 cm³/mol. The van der Waals surface area contributed by atoms with Crippen molar-refractivity contribution in [2.24, 2.45) is 0 Å². The fourth-order valence-corrected chi connectivity index (χ4v) is 3.86. The van der Waals surface area contributed by atoms with Gasteiger partial charge in [0.15, 0.2) is 11.7 Å². The van der Waals surface area contributed by atoms with Crippen molar-refractivity contribution in [3.63, 3.8) is 0 Å². The lowest BCUT2D eigenvalue weighted by Gasteiger charge is -2.34. The van der Waals surface area contributed by atoms with Crippen LogP contribution in [0.25, 0.3) is 0 Å². The molecule has 1 amide bonds. The fraction of sp³-hybridized carbons (Fsp3) is 0.556. The van der Waals surface area contributed by atoms with Gasteiger partial charge in [-0.1, -0.05) is 0 Å². The van der Waals surface area contributed by atoms with Gasteiger partial charge in [0.2, 0.25) is 0 Å². The number of morpholine rings is 1. The molecular weight excluding hydrogens is 377 g/mol. The first-order valence-electron chi connectivity index (χ1n) is 9.13. The molecule has 4 atom stereocenters. The molecule has 4 rings (SSSR count). The summed E-state index contributed by atoms with van der Waals surface area (Å²) in [6, 6.07) is 2.13. The topological polar surface area (TPSA) is 72.5 Å². The molecule has 1 N–H and O–H groups in total. The molecule has 0 spiro atoms. The zero-order valence-corrected chi connectivity index (χ0v) is 15.4. The van der Waals surface area contributed by atoms with E-state index in [4.69, 9.17) is 9.15 Å². The Labute approximate surface area is 159 Å². The van der Waals surface area contributed by atoms with Crippen LogP contribution in [0.15, 0.2) is 28.9 Å². The van der Waals surface area contributed by atoms with E-state index in [0.717, 1.165) is 4.68 Å². The maximum absolute atomic E-state index is 13.7. The van der Waals surface area contributed by atoms with E-state index >= 15 is 0 Å². The van der Waals surface area contributed by atoms with Crippen LogP contribution in [-0.2, 0) is 4.74 Å². The third-order valence-corrected chi connectivity index (χ3v) is 5.00. The third kappa shape index (κ3) is 3.48. The molecular formula is C18H21F3N4O3. The number of hydrogen-bond acceptors (Lipinski definition) is 5. The standard InChI is InChI=1S/C18H21F3N4O3/c1-10-8-24(9-11(2)28-10)17(26)13-7-16-22-12(14-4-3-5-27-14)6-15(18(19,20)21)25(16)23-13/h3-5,7,10-12,15,22H,6,8-9H2,1-2H3/t10-,11-,12+,15+/m1/s1. The summed E-state index contributed by atoms with van der Waals surface area (Å²) in [5, 5.41) is 7.02. The Morgan fingerprint density at radius 3 is 2.61 bits per heavy atom. The lowest BCUT2D eigenvalue weighted by Crippen LogP contribution is -2.48. The Morgan fingerprint density at radius 1 is 1.29 bits per heavy atom. The smallest absolute Gasteiger partial charge is 0.410 e. The Bertz CT molecular complexity index is 839. The van der Waals surface area contributed by atoms with Gasteiger partial charge in [0, 0.05) is 25.6 Å². The molecule has 2 aromatic rings. The Morgan fingerprint density at radius 2 is 2.00 bits per heavy atom. The van der Waals surface area contributed by atoms with E-state index in [0.29, 0.717) is 18.8 Å². The second kappa shape index (κ2) is 6.84. The average Bonchev–Trinajstić information content (AvgIpc) is 3.27. The normalized spacial score (nSPS) is 28.0. The summed E-state index contributed by atoms with van der Waals surface area (Å²) in [5.41, 5.74) is -0.0156. The number of rotatable bonds is 2. The first kappa shape index (κ1) is 18.9. The van der Waals surface area contributed by atoms with E-state index in [1.165, 1.54) is 12.3 Å². The van der Waals surface area contributed by atoms with Gasteiger partial charge in [-0.3, -0.25) is 4.79 Å². The fourth-order valence-electron chi connectivity index (χ4n) is 3.86. The van der Waals surface area contributed by atoms with Crippen LogP contribution < -0.4 is 5.32 Å². The zero-order chi connectivity index (χ0) is 20.1. The number of halogens is 3. The van der Waals surface area contributed by atoms with Crippen molar-refractivity contribution in [3.05, 3.63) is 35.9 Å². The number of nitrogens with zero attached hydrogens (tertiary/aromatic N) is 3. The molecule has 1 saturated heterocycles. The lowest BCUT2D eigenvalue weighted by atomic mass is 10.0. The van der Waals surface area contributed by atoms with E-state index in [9.17, 15) is 18.0 Å². The quantitative estimate of drug-likeness (QED) is 0.840. The summed E-state index contributed by atoms with van der Waals surface area (Å²) in [7, 11) is 0. The number of carbonyl (C=O) groups is 1. The van der Waals surface area contributed by atoms with Crippen molar-refractivity contribution in [2.45, 2.75) is 50.7 Å². The van der Waals surface area contributed by atoms with Gasteiger partial charge in [-0.2, -0.15) is 18.3 Å². The zero-order valence-electron chi connectivity index (χ0n) is 15.4. The van der Waals surface area contributed by atoms with Crippen LogP contribution in [0, 0.1) is 0 Å². The van der Waals surface area contributed by atoms with Gasteiger partial charge in [-0.25, -0.2) is 4.68 Å². The summed E-state index contributed by atoms with van der Waals surface area (Å²) in [6.07, 6.45) is -3.65. The van der Waals surface area contributed by atoms with Gasteiger partial charge in [-0.15, -0.1) is 0 Å². The summed E-state index contributed by atoms with van der Waals surface area (Å²) >= 11 is 0. The largest absolute Gasteiger partial charge is 0.467 e. The minimum absolute atomic E-state index is 0.0156. The molecule has 0 aliphatic carbocycles. The lowest BCUT2D eigenvalue weighted by molar-refractivity contribution is -0.174. The number of carbonyl (C=O) groups excluding carboxylic acids is 1. The number of anilines is 1. The van der Waals surface area contributed by atoms with Gasteiger partial charge in [-0.05, 0) is 26.0 Å². The summed E-state index contributed by atoms with van der Waals surface area (Å²) < 4.78 is 52.8. The van der Waals surface area contributed by atoms with Crippen LogP contribution in [0.2, 0.25) is 0 Å². The van der Waals surface area contributed by atoms with Crippen molar-refractivity contribution in [1.82, 2.24) is 14.7 Å². The average molecular weight is 398 g/mol. The molecule has 28 heavy (non-hydrogen) atoms. The van der Waals surface area contributed by atoms with E-state index < -0.39 is 24.2 Å². The van der Waals surface area contributed by atoms with Crippen LogP contribution in [0.4, 0.5) is 19.0 Å². The third-order valence-electron chi connectivity index (χ3n) is 5.00. The molecule has 0 aromatic carbocycles. The molecule has 4 heterocycles. The maximum atomic E-state index is 13.7. The Hall–Kier alpha value is -2.49. The van der Waals surface area contributed by atoms with Gasteiger partial charge in [0.1, 0.15) is 11.6 Å². The van der Waals surface area contributed by atoms with E-state index in [2.05, 4.69) is 10.4 Å². The number of hydrogen-bond donors (Lipinski definition) is 1. The van der Waals surface area contributed by atoms with Crippen LogP contribution in [0.3, 0.4) is 0 Å². The SMILES string of the molecule is C[C@@H]1CN(C(=O)c2cc3n(n2)[C@H](C(F)(F)F)C[C@@H](c2ccco2)N3)C[C@@H](C)O1. The number of aromatic nitrogens is 2. The van der Waals surface area contributed by atoms with Crippen LogP contribution in [-0.4, -0.2) is 52.1 Å². The number of fused-ring (bicyclic) bond motifs is 1. The first-order chi connectivity index (χ1) is 13.2. The van der Waals surface area contributed by atoms with Crippen molar-refractivity contribution < 1.29 is 27.1 Å². The second-order valence-electron chi connectivity index (χ2n) is 7.33. The highest BCUT2D eigenvalue weighted by atomic mass is 19.4. The van der Waals surface area contributed by atoms with Gasteiger partial charge in [0.05, 0.1) is 24.5 Å². The molecule has 0 radical (unpaired) electrons. The van der Waals surface area contributed by atoms with Crippen molar-refractivity contribution >= 4 is 11.7 Å². The molecule has 2 aliphatic heterocycles. The molecule has 7 nitrogen and oxygen atoms in total. The minimum Gasteiger partial charge on any atom is -0.467 e. The summed E-state index contributed by atoms with van der Waals surface area (Å²) in [6.45, 7) is 4.44. The number of nitrogens with one attached hydrogen (secondary N) is 1. The molecule has 0 unspecified atom stereocenters. The highest BCUT2D eigenvalue weighted by Gasteiger charge is 2.47. The highest BCUT2D eigenvalue weighted by Crippen LogP contribution is 2.43. The van der Waals surface area contributed by atoms with Gasteiger partial charge in [0.25, 0.3) is 5.91 Å². The van der Waals surface area contributed by atoms with Gasteiger partial charge >= 0.3 is 6.18 Å². The molecule has 2 aromatic heterocycles. The molecule has 0 saturated carbocycles. The Balaban J connectivity index is 1.64. The summed E-state index contributed by atoms with van der Waals surface area (Å²) in [4.78, 5) is 14.4. The van der Waals surface area contributed by atoms with E-state index in [1.807, 2.05) is 13.8 Å². The number of alkyl halides is 3. The van der Waals surface area contributed by atoms with E-state index in [1.54, 1.807) is 17.0 Å². The maximum Gasteiger partial charge on any atom is 0.410 e. The highest BCUT2D eigenvalue weighted by molar-refractivity contribution is 5.93. The van der Waals surface area contributed by atoms with Crippen LogP contribution in [0.5, 0.6) is 0 Å². The molecule has 1 fully saturated rings. The van der Waals surface area contributed by atoms with Crippen LogP contribution >= 0.6 is 0 Å². The number of ether oxygens (including phenoxy) is 1. The molecule has 152 valence electrons. The van der Waals surface area contributed by atoms with Crippen molar-refractivity contribution in [3.8, 4) is 0 Å². The molecule has 2 aliphatic rings.